The topological polar surface area (TPSA) is 98.6 Å². The van der Waals surface area contributed by atoms with E-state index in [9.17, 15) is 43.1 Å². The number of amides is 2. The largest absolute Gasteiger partial charge is 0.379 e. The van der Waals surface area contributed by atoms with Gasteiger partial charge < -0.3 is 10.1 Å². The minimum atomic E-state index is -10.1. The number of likely N-dealkylation sites (tertiary alicyclic amines) is 1. The van der Waals surface area contributed by atoms with Crippen LogP contribution in [0.5, 0.6) is 0 Å². The van der Waals surface area contributed by atoms with E-state index in [1.165, 1.54) is 38.6 Å². The number of carbonyl (C=O) groups excluding carboxylic acids is 2. The van der Waals surface area contributed by atoms with E-state index in [1.807, 2.05) is 6.19 Å². The first-order valence-corrected chi connectivity index (χ1v) is 15.2. The van der Waals surface area contributed by atoms with Gasteiger partial charge in [-0.15, -0.1) is 0 Å². The molecule has 1 aromatic carbocycles. The van der Waals surface area contributed by atoms with Crippen LogP contribution in [0.2, 0.25) is 0 Å². The van der Waals surface area contributed by atoms with Gasteiger partial charge in [0.15, 0.2) is 11.7 Å². The maximum Gasteiger partial charge on any atom is 0.310 e. The predicted molar refractivity (Wildman–Crippen MR) is 144 cm³/mol. The van der Waals surface area contributed by atoms with Gasteiger partial charge in [-0.2, -0.15) is 5.26 Å². The summed E-state index contributed by atoms with van der Waals surface area (Å²) < 4.78 is 101. The zero-order valence-corrected chi connectivity index (χ0v) is 24.0. The SMILES string of the molecule is CO[C@@H]1C[C@H](C(=O)N(c2ccc(S(F)(F)(F)(F)F)cc2)C(C)(C(=O)NC2CCC(F)(F)CC2)c2cccnc2)N(C#N)C1. The number of nitriles is 1. The molecule has 3 atom stereocenters. The van der Waals surface area contributed by atoms with Crippen LogP contribution in [0, 0.1) is 11.5 Å². The number of anilines is 1. The minimum absolute atomic E-state index is 0.00644. The van der Waals surface area contributed by atoms with Crippen LogP contribution in [0.25, 0.3) is 0 Å². The molecule has 0 radical (unpaired) electrons. The molecule has 2 fully saturated rings. The number of ether oxygens (including phenoxy) is 1. The number of aromatic nitrogens is 1. The summed E-state index contributed by atoms with van der Waals surface area (Å²) in [7, 11) is -8.73. The second-order valence-corrected chi connectivity index (χ2v) is 13.3. The number of hydrogen-bond acceptors (Lipinski definition) is 6. The quantitative estimate of drug-likeness (QED) is 0.272. The lowest BCUT2D eigenvalue weighted by Gasteiger charge is -2.44. The lowest BCUT2D eigenvalue weighted by Crippen LogP contribution is -2.61. The van der Waals surface area contributed by atoms with Crippen LogP contribution >= 0.6 is 10.2 Å². The van der Waals surface area contributed by atoms with Gasteiger partial charge in [0.25, 0.3) is 11.8 Å². The molecule has 1 saturated carbocycles. The van der Waals surface area contributed by atoms with Gasteiger partial charge in [0.05, 0.1) is 12.6 Å². The van der Waals surface area contributed by atoms with Crippen LogP contribution in [-0.4, -0.2) is 59.5 Å². The molecular weight excluding hydrogens is 607 g/mol. The van der Waals surface area contributed by atoms with Crippen molar-refractivity contribution in [2.45, 2.75) is 73.6 Å². The Balaban J connectivity index is 1.85. The maximum absolute atomic E-state index is 14.3. The Kier molecular flexibility index (Phi) is 7.93. The van der Waals surface area contributed by atoms with Crippen LogP contribution in [-0.2, 0) is 19.9 Å². The third-order valence-electron chi connectivity index (χ3n) is 7.94. The first-order chi connectivity index (χ1) is 19.8. The third kappa shape index (κ3) is 6.82. The number of pyridine rings is 1. The minimum Gasteiger partial charge on any atom is -0.379 e. The average molecular weight is 638 g/mol. The van der Waals surface area contributed by atoms with Gasteiger partial charge in [0.2, 0.25) is 5.92 Å². The Hall–Kier alpha value is -3.58. The van der Waals surface area contributed by atoms with Crippen molar-refractivity contribution in [3.63, 3.8) is 0 Å². The highest BCUT2D eigenvalue weighted by atomic mass is 32.5. The first-order valence-electron chi connectivity index (χ1n) is 13.3. The summed E-state index contributed by atoms with van der Waals surface area (Å²) in [6.45, 7) is 1.29. The summed E-state index contributed by atoms with van der Waals surface area (Å²) >= 11 is 0. The lowest BCUT2D eigenvalue weighted by molar-refractivity contribution is -0.133. The van der Waals surface area contributed by atoms with E-state index in [1.54, 1.807) is 0 Å². The lowest BCUT2D eigenvalue weighted by atomic mass is 9.86. The first kappa shape index (κ1) is 32.3. The molecular formula is C27H30F7N5O3S. The van der Waals surface area contributed by atoms with Crippen molar-refractivity contribution in [1.29, 1.82) is 5.26 Å². The van der Waals surface area contributed by atoms with Crippen molar-refractivity contribution in [2.75, 3.05) is 18.6 Å². The molecule has 2 heterocycles. The van der Waals surface area contributed by atoms with E-state index in [0.717, 1.165) is 9.80 Å². The number of rotatable bonds is 8. The van der Waals surface area contributed by atoms with E-state index in [0.29, 0.717) is 12.1 Å². The van der Waals surface area contributed by atoms with Gasteiger partial charge >= 0.3 is 10.2 Å². The van der Waals surface area contributed by atoms with Crippen molar-refractivity contribution in [1.82, 2.24) is 15.2 Å². The monoisotopic (exact) mass is 637 g/mol. The molecule has 2 amide bonds. The summed E-state index contributed by atoms with van der Waals surface area (Å²) in [5.74, 6) is -4.68. The molecule has 2 aliphatic rings. The van der Waals surface area contributed by atoms with E-state index < -0.39 is 69.4 Å². The molecule has 1 unspecified atom stereocenters. The molecule has 0 bridgehead atoms. The standard InChI is InChI=1S/C27H30F7N5O3S/c1-26(18-4-3-13-36-15-18,25(41)37-19-9-11-27(28,29)12-10-19)39(24(40)23-14-21(42-2)16-38(23)17-35)20-5-7-22(8-6-20)43(30,31,32,33)34/h3-8,13,15,19,21,23H,9-12,14,16H2,1-2H3,(H,37,41)/t21-,23-,26?/m1/s1. The van der Waals surface area contributed by atoms with Crippen LogP contribution in [0.1, 0.15) is 44.6 Å². The fourth-order valence-electron chi connectivity index (χ4n) is 5.44. The second-order valence-electron chi connectivity index (χ2n) is 10.9. The zero-order chi connectivity index (χ0) is 31.9. The van der Waals surface area contributed by atoms with Crippen molar-refractivity contribution < 1.29 is 42.5 Å². The molecule has 1 N–H and O–H groups in total. The van der Waals surface area contributed by atoms with Crippen LogP contribution < -0.4 is 10.2 Å². The van der Waals surface area contributed by atoms with Crippen LogP contribution in [0.3, 0.4) is 0 Å². The Labute approximate surface area is 243 Å². The molecule has 4 rings (SSSR count). The van der Waals surface area contributed by atoms with Gasteiger partial charge in [0.1, 0.15) is 10.9 Å². The van der Waals surface area contributed by atoms with E-state index in [4.69, 9.17) is 4.74 Å². The van der Waals surface area contributed by atoms with Gasteiger partial charge in [-0.3, -0.25) is 24.4 Å². The highest BCUT2D eigenvalue weighted by Gasteiger charge is 2.65. The fourth-order valence-corrected chi connectivity index (χ4v) is 6.09. The average Bonchev–Trinajstić information content (AvgIpc) is 3.37. The summed E-state index contributed by atoms with van der Waals surface area (Å²) in [6.07, 6.45) is 2.77. The van der Waals surface area contributed by atoms with Crippen molar-refractivity contribution in [3.05, 3.63) is 54.4 Å². The molecule has 2 aromatic rings. The highest BCUT2D eigenvalue weighted by Crippen LogP contribution is 3.02. The number of nitrogens with one attached hydrogen (secondary N) is 1. The molecule has 1 aromatic heterocycles. The van der Waals surface area contributed by atoms with Crippen molar-refractivity contribution in [2.24, 2.45) is 0 Å². The number of hydrogen-bond donors (Lipinski definition) is 1. The van der Waals surface area contributed by atoms with E-state index in [-0.39, 0.29) is 49.2 Å². The van der Waals surface area contributed by atoms with E-state index in [2.05, 4.69) is 10.3 Å². The fraction of sp³-hybridized carbons (Fsp3) is 0.481. The van der Waals surface area contributed by atoms with Gasteiger partial charge in [-0.05, 0) is 50.1 Å². The second kappa shape index (κ2) is 10.5. The number of alkyl halides is 2. The van der Waals surface area contributed by atoms with Gasteiger partial charge in [0, 0.05) is 56.1 Å². The smallest absolute Gasteiger partial charge is 0.310 e. The molecule has 43 heavy (non-hydrogen) atoms. The summed E-state index contributed by atoms with van der Waals surface area (Å²) in [5.41, 5.74) is -2.36. The predicted octanol–water partition coefficient (Wildman–Crippen LogP) is 6.25. The van der Waals surface area contributed by atoms with E-state index >= 15 is 0 Å². The van der Waals surface area contributed by atoms with Gasteiger partial charge in [-0.1, -0.05) is 25.5 Å². The summed E-state index contributed by atoms with van der Waals surface area (Å²) in [4.78, 5) is 32.2. The molecule has 0 spiro atoms. The number of nitrogens with zero attached hydrogens (tertiary/aromatic N) is 4. The Morgan fingerprint density at radius 1 is 1.14 bits per heavy atom. The number of halogens is 7. The molecule has 8 nitrogen and oxygen atoms in total. The highest BCUT2D eigenvalue weighted by molar-refractivity contribution is 8.45. The van der Waals surface area contributed by atoms with Crippen LogP contribution in [0.15, 0.2) is 53.7 Å². The normalized spacial score (nSPS) is 23.8. The summed E-state index contributed by atoms with van der Waals surface area (Å²) in [6, 6.07) is 2.46. The molecule has 16 heteroatoms. The van der Waals surface area contributed by atoms with Crippen LogP contribution in [0.4, 0.5) is 33.9 Å². The number of benzene rings is 1. The molecule has 236 valence electrons. The van der Waals surface area contributed by atoms with Crippen molar-refractivity contribution >= 4 is 27.7 Å². The Morgan fingerprint density at radius 2 is 1.77 bits per heavy atom. The number of carbonyl (C=O) groups is 2. The van der Waals surface area contributed by atoms with Crippen molar-refractivity contribution in [3.8, 4) is 6.19 Å². The molecule has 1 saturated heterocycles. The Morgan fingerprint density at radius 3 is 2.28 bits per heavy atom. The molecule has 1 aliphatic carbocycles. The van der Waals surface area contributed by atoms with Gasteiger partial charge in [-0.25, -0.2) is 8.78 Å². The number of methoxy groups -OCH3 is 1. The third-order valence-corrected chi connectivity index (χ3v) is 9.10. The maximum atomic E-state index is 14.3. The summed E-state index contributed by atoms with van der Waals surface area (Å²) in [5, 5.41) is 12.4. The molecule has 1 aliphatic heterocycles. The Bertz CT molecular complexity index is 1400. The zero-order valence-electron chi connectivity index (χ0n) is 23.2.